The number of aromatic nitrogens is 1. The molecule has 2 rings (SSSR count). The minimum atomic E-state index is -0.380. The molecule has 1 heterocycles. The lowest BCUT2D eigenvalue weighted by Crippen LogP contribution is -2.30. The van der Waals surface area contributed by atoms with Gasteiger partial charge in [0, 0.05) is 10.7 Å². The summed E-state index contributed by atoms with van der Waals surface area (Å²) in [5.41, 5.74) is 0.938. The summed E-state index contributed by atoms with van der Waals surface area (Å²) < 4.78 is 2.07. The number of halogens is 2. The van der Waals surface area contributed by atoms with Gasteiger partial charge in [-0.2, -0.15) is 0 Å². The maximum absolute atomic E-state index is 12.0. The Kier molecular flexibility index (Phi) is 5.90. The van der Waals surface area contributed by atoms with Gasteiger partial charge >= 0.3 is 6.03 Å². The number of pyridine rings is 1. The lowest BCUT2D eigenvalue weighted by molar-refractivity contribution is 0.239. The Morgan fingerprint density at radius 3 is 2.67 bits per heavy atom. The number of thiol groups is 1. The van der Waals surface area contributed by atoms with Crippen molar-refractivity contribution in [3.63, 3.8) is 0 Å². The fraction of sp³-hybridized carbons (Fsp3) is 0.143. The van der Waals surface area contributed by atoms with Gasteiger partial charge in [0.15, 0.2) is 0 Å². The number of carbonyl (C=O) groups excluding carboxylic acids is 1. The summed E-state index contributed by atoms with van der Waals surface area (Å²) in [5.74, 6) is 0.452. The second kappa shape index (κ2) is 7.68. The molecule has 0 spiro atoms. The molecule has 4 nitrogen and oxygen atoms in total. The van der Waals surface area contributed by atoms with Crippen molar-refractivity contribution >= 4 is 52.2 Å². The van der Waals surface area contributed by atoms with Gasteiger partial charge in [-0.25, -0.2) is 9.78 Å². The van der Waals surface area contributed by atoms with Crippen LogP contribution in [0.1, 0.15) is 10.9 Å². The van der Waals surface area contributed by atoms with Crippen LogP contribution in [0.4, 0.5) is 10.6 Å². The molecule has 0 radical (unpaired) electrons. The molecular formula is C14H13BrClN3OS. The minimum Gasteiger partial charge on any atom is -0.291 e. The van der Waals surface area contributed by atoms with Crippen LogP contribution in [-0.4, -0.2) is 21.9 Å². The monoisotopic (exact) mass is 385 g/mol. The van der Waals surface area contributed by atoms with Crippen molar-refractivity contribution in [2.24, 2.45) is 0 Å². The van der Waals surface area contributed by atoms with Crippen LogP contribution in [0.3, 0.4) is 0 Å². The zero-order valence-electron chi connectivity index (χ0n) is 10.9. The molecule has 0 aliphatic carbocycles. The highest BCUT2D eigenvalue weighted by Gasteiger charge is 2.16. The van der Waals surface area contributed by atoms with E-state index < -0.39 is 0 Å². The number of amides is 2. The SMILES string of the molecule is O=C(Nc1ccc(Br)cn1)N(S)CC(Cl)c1ccccc1. The first kappa shape index (κ1) is 16.1. The zero-order chi connectivity index (χ0) is 15.2. The molecule has 7 heteroatoms. The summed E-state index contributed by atoms with van der Waals surface area (Å²) in [7, 11) is 0. The maximum Gasteiger partial charge on any atom is 0.332 e. The number of alkyl halides is 1. The molecule has 0 aliphatic heterocycles. The Morgan fingerprint density at radius 1 is 1.33 bits per heavy atom. The molecule has 1 aromatic heterocycles. The van der Waals surface area contributed by atoms with Crippen LogP contribution in [-0.2, 0) is 0 Å². The van der Waals surface area contributed by atoms with E-state index in [9.17, 15) is 4.79 Å². The van der Waals surface area contributed by atoms with Crippen LogP contribution >= 0.6 is 40.3 Å². The quantitative estimate of drug-likeness (QED) is 0.600. The molecule has 21 heavy (non-hydrogen) atoms. The van der Waals surface area contributed by atoms with Crippen molar-refractivity contribution in [3.8, 4) is 0 Å². The number of anilines is 1. The second-order valence-electron chi connectivity index (χ2n) is 4.25. The van der Waals surface area contributed by atoms with Crippen LogP contribution in [0.5, 0.6) is 0 Å². The van der Waals surface area contributed by atoms with Crippen molar-refractivity contribution < 1.29 is 4.79 Å². The highest BCUT2D eigenvalue weighted by atomic mass is 79.9. The molecule has 1 unspecified atom stereocenters. The molecule has 2 aromatic rings. The zero-order valence-corrected chi connectivity index (χ0v) is 14.1. The smallest absolute Gasteiger partial charge is 0.291 e. The van der Waals surface area contributed by atoms with Crippen LogP contribution in [0, 0.1) is 0 Å². The van der Waals surface area contributed by atoms with Gasteiger partial charge < -0.3 is 0 Å². The summed E-state index contributed by atoms with van der Waals surface area (Å²) >= 11 is 13.7. The predicted molar refractivity (Wildman–Crippen MR) is 91.7 cm³/mol. The van der Waals surface area contributed by atoms with Crippen LogP contribution in [0.15, 0.2) is 53.1 Å². The van der Waals surface area contributed by atoms with Gasteiger partial charge in [0.25, 0.3) is 0 Å². The normalized spacial score (nSPS) is 11.8. The lowest BCUT2D eigenvalue weighted by Gasteiger charge is -2.19. The van der Waals surface area contributed by atoms with E-state index in [1.165, 1.54) is 4.31 Å². The third-order valence-corrected chi connectivity index (χ3v) is 3.90. The minimum absolute atomic E-state index is 0.275. The average Bonchev–Trinajstić information content (AvgIpc) is 2.50. The Hall–Kier alpha value is -1.24. The highest BCUT2D eigenvalue weighted by molar-refractivity contribution is 9.10. The number of hydrogen-bond acceptors (Lipinski definition) is 3. The van der Waals surface area contributed by atoms with E-state index in [4.69, 9.17) is 11.6 Å². The van der Waals surface area contributed by atoms with Crippen molar-refractivity contribution in [1.82, 2.24) is 9.29 Å². The highest BCUT2D eigenvalue weighted by Crippen LogP contribution is 2.22. The van der Waals surface area contributed by atoms with E-state index >= 15 is 0 Å². The second-order valence-corrected chi connectivity index (χ2v) is 6.18. The van der Waals surface area contributed by atoms with Crippen molar-refractivity contribution in [2.45, 2.75) is 5.38 Å². The van der Waals surface area contributed by atoms with Crippen LogP contribution < -0.4 is 5.32 Å². The van der Waals surface area contributed by atoms with Gasteiger partial charge in [0.2, 0.25) is 0 Å². The molecule has 0 saturated heterocycles. The fourth-order valence-corrected chi connectivity index (χ4v) is 2.45. The first-order chi connectivity index (χ1) is 10.1. The van der Waals surface area contributed by atoms with E-state index in [-0.39, 0.29) is 18.0 Å². The predicted octanol–water partition coefficient (Wildman–Crippen LogP) is 4.50. The van der Waals surface area contributed by atoms with Crippen molar-refractivity contribution in [2.75, 3.05) is 11.9 Å². The number of carbonyl (C=O) groups is 1. The summed E-state index contributed by atoms with van der Waals surface area (Å²) in [6.45, 7) is 0.275. The van der Waals surface area contributed by atoms with Gasteiger partial charge in [0.05, 0.1) is 11.9 Å². The molecule has 110 valence electrons. The number of rotatable bonds is 4. The molecule has 0 saturated carbocycles. The van der Waals surface area contributed by atoms with E-state index in [0.29, 0.717) is 5.82 Å². The topological polar surface area (TPSA) is 45.2 Å². The first-order valence-electron chi connectivity index (χ1n) is 6.14. The van der Waals surface area contributed by atoms with Gasteiger partial charge in [-0.1, -0.05) is 43.1 Å². The van der Waals surface area contributed by atoms with Gasteiger partial charge in [-0.15, -0.1) is 11.6 Å². The van der Waals surface area contributed by atoms with Gasteiger partial charge in [-0.3, -0.25) is 9.62 Å². The summed E-state index contributed by atoms with van der Waals surface area (Å²) in [6.07, 6.45) is 1.60. The molecule has 2 amide bonds. The third-order valence-electron chi connectivity index (χ3n) is 2.69. The Balaban J connectivity index is 1.92. The van der Waals surface area contributed by atoms with Crippen LogP contribution in [0.2, 0.25) is 0 Å². The van der Waals surface area contributed by atoms with E-state index in [2.05, 4.69) is 39.0 Å². The summed E-state index contributed by atoms with van der Waals surface area (Å²) in [6, 6.07) is 12.6. The standard InChI is InChI=1S/C14H13BrClN3OS/c15-11-6-7-13(17-8-11)18-14(20)19(21)9-12(16)10-4-2-1-3-5-10/h1-8,12,21H,9H2,(H,17,18,20). The summed E-state index contributed by atoms with van der Waals surface area (Å²) in [4.78, 5) is 16.1. The molecule has 0 fully saturated rings. The number of hydrogen-bond donors (Lipinski definition) is 2. The Morgan fingerprint density at radius 2 is 2.05 bits per heavy atom. The number of nitrogens with one attached hydrogen (secondary N) is 1. The largest absolute Gasteiger partial charge is 0.332 e. The molecule has 0 aliphatic rings. The summed E-state index contributed by atoms with van der Waals surface area (Å²) in [5, 5.41) is 2.32. The van der Waals surface area contributed by atoms with Gasteiger partial charge in [0.1, 0.15) is 5.82 Å². The fourth-order valence-electron chi connectivity index (χ4n) is 1.63. The molecule has 1 atom stereocenters. The molecule has 0 bridgehead atoms. The van der Waals surface area contributed by atoms with E-state index in [1.54, 1.807) is 18.3 Å². The van der Waals surface area contributed by atoms with Crippen molar-refractivity contribution in [1.29, 1.82) is 0 Å². The molecule has 1 N–H and O–H groups in total. The Bertz CT molecular complexity index is 597. The molecule has 1 aromatic carbocycles. The van der Waals surface area contributed by atoms with Gasteiger partial charge in [-0.05, 0) is 33.6 Å². The Labute approximate surface area is 142 Å². The average molecular weight is 387 g/mol. The van der Waals surface area contributed by atoms with Crippen molar-refractivity contribution in [3.05, 3.63) is 58.7 Å². The van der Waals surface area contributed by atoms with E-state index in [1.807, 2.05) is 30.3 Å². The number of benzene rings is 1. The number of urea groups is 1. The molecular weight excluding hydrogens is 374 g/mol. The maximum atomic E-state index is 12.0. The third kappa shape index (κ3) is 4.91. The first-order valence-corrected chi connectivity index (χ1v) is 7.77. The van der Waals surface area contributed by atoms with E-state index in [0.717, 1.165) is 10.0 Å². The lowest BCUT2D eigenvalue weighted by atomic mass is 10.1. The van der Waals surface area contributed by atoms with Crippen LogP contribution in [0.25, 0.3) is 0 Å². The number of nitrogens with zero attached hydrogens (tertiary/aromatic N) is 2.